The van der Waals surface area contributed by atoms with Crippen molar-refractivity contribution in [2.24, 2.45) is 0 Å². The molecule has 6 nitrogen and oxygen atoms in total. The summed E-state index contributed by atoms with van der Waals surface area (Å²) < 4.78 is 0. The van der Waals surface area contributed by atoms with Gasteiger partial charge in [-0.2, -0.15) is 0 Å². The fourth-order valence-corrected chi connectivity index (χ4v) is 2.13. The van der Waals surface area contributed by atoms with E-state index in [9.17, 15) is 4.79 Å². The van der Waals surface area contributed by atoms with Gasteiger partial charge in [-0.3, -0.25) is 9.78 Å². The molecule has 2 rings (SSSR count). The maximum absolute atomic E-state index is 12.3. The number of benzene rings is 1. The van der Waals surface area contributed by atoms with E-state index < -0.39 is 0 Å². The Balaban J connectivity index is 1.99. The van der Waals surface area contributed by atoms with Gasteiger partial charge in [0.05, 0.1) is 0 Å². The monoisotopic (exact) mass is 327 g/mol. The summed E-state index contributed by atoms with van der Waals surface area (Å²) in [4.78, 5) is 20.6. The second-order valence-corrected chi connectivity index (χ2v) is 6.06. The van der Waals surface area contributed by atoms with Crippen LogP contribution in [0.2, 0.25) is 0 Å². The third-order valence-corrected chi connectivity index (χ3v) is 3.52. The Hall–Kier alpha value is -2.60. The van der Waals surface area contributed by atoms with Crippen molar-refractivity contribution in [2.75, 3.05) is 56.8 Å². The maximum Gasteiger partial charge on any atom is 0.274 e. The fourth-order valence-electron chi connectivity index (χ4n) is 2.13. The molecule has 0 aliphatic rings. The number of pyridine rings is 1. The molecule has 1 aromatic heterocycles. The molecule has 0 atom stereocenters. The third-order valence-electron chi connectivity index (χ3n) is 3.52. The number of hydrogen-bond donors (Lipinski definition) is 2. The number of carbonyl (C=O) groups is 1. The largest absolute Gasteiger partial charge is 0.384 e. The van der Waals surface area contributed by atoms with Crippen molar-refractivity contribution in [1.82, 2.24) is 9.88 Å². The predicted molar refractivity (Wildman–Crippen MR) is 100 cm³/mol. The molecular formula is C18H25N5O. The number of rotatable bonds is 7. The van der Waals surface area contributed by atoms with E-state index in [4.69, 9.17) is 0 Å². The van der Waals surface area contributed by atoms with Crippen LogP contribution in [0.15, 0.2) is 42.6 Å². The van der Waals surface area contributed by atoms with Crippen molar-refractivity contribution in [3.63, 3.8) is 0 Å². The SMILES string of the molecule is CN(C)CCNc1ccnc(C(=O)Nc2ccc(N(C)C)cc2)c1. The van der Waals surface area contributed by atoms with Gasteiger partial charge in [-0.05, 0) is 50.5 Å². The van der Waals surface area contributed by atoms with Crippen molar-refractivity contribution in [2.45, 2.75) is 0 Å². The Labute approximate surface area is 143 Å². The third kappa shape index (κ3) is 5.24. The summed E-state index contributed by atoms with van der Waals surface area (Å²) in [7, 11) is 8.00. The molecule has 128 valence electrons. The molecule has 0 radical (unpaired) electrons. The Kier molecular flexibility index (Phi) is 6.14. The average Bonchev–Trinajstić information content (AvgIpc) is 2.55. The fraction of sp³-hybridized carbons (Fsp3) is 0.333. The van der Waals surface area contributed by atoms with Crippen LogP contribution in [0.5, 0.6) is 0 Å². The number of nitrogens with one attached hydrogen (secondary N) is 2. The highest BCUT2D eigenvalue weighted by Crippen LogP contribution is 2.16. The van der Waals surface area contributed by atoms with Gasteiger partial charge in [-0.25, -0.2) is 0 Å². The second kappa shape index (κ2) is 8.31. The van der Waals surface area contributed by atoms with Gasteiger partial charge < -0.3 is 20.4 Å². The summed E-state index contributed by atoms with van der Waals surface area (Å²) in [6.07, 6.45) is 1.64. The summed E-state index contributed by atoms with van der Waals surface area (Å²) in [5, 5.41) is 6.16. The number of aromatic nitrogens is 1. The number of hydrogen-bond acceptors (Lipinski definition) is 5. The number of nitrogens with zero attached hydrogens (tertiary/aromatic N) is 3. The molecule has 1 aromatic carbocycles. The molecule has 2 N–H and O–H groups in total. The van der Waals surface area contributed by atoms with Crippen molar-refractivity contribution in [3.8, 4) is 0 Å². The molecule has 0 bridgehead atoms. The van der Waals surface area contributed by atoms with Gasteiger partial charge in [0.2, 0.25) is 0 Å². The Morgan fingerprint density at radius 2 is 1.75 bits per heavy atom. The maximum atomic E-state index is 12.3. The van der Waals surface area contributed by atoms with Gasteiger partial charge in [0, 0.05) is 50.4 Å². The van der Waals surface area contributed by atoms with E-state index in [1.807, 2.05) is 63.4 Å². The van der Waals surface area contributed by atoms with Crippen molar-refractivity contribution < 1.29 is 4.79 Å². The number of anilines is 3. The van der Waals surface area contributed by atoms with Gasteiger partial charge in [-0.15, -0.1) is 0 Å². The van der Waals surface area contributed by atoms with E-state index in [1.54, 1.807) is 12.3 Å². The first kappa shape index (κ1) is 17.7. The van der Waals surface area contributed by atoms with E-state index in [2.05, 4.69) is 20.5 Å². The van der Waals surface area contributed by atoms with E-state index in [0.717, 1.165) is 30.2 Å². The van der Waals surface area contributed by atoms with Crippen LogP contribution in [0.4, 0.5) is 17.1 Å². The van der Waals surface area contributed by atoms with Gasteiger partial charge >= 0.3 is 0 Å². The molecule has 1 heterocycles. The number of likely N-dealkylation sites (N-methyl/N-ethyl adjacent to an activating group) is 1. The van der Waals surface area contributed by atoms with Gasteiger partial charge in [0.1, 0.15) is 5.69 Å². The minimum Gasteiger partial charge on any atom is -0.384 e. The van der Waals surface area contributed by atoms with E-state index in [-0.39, 0.29) is 5.91 Å². The first-order valence-corrected chi connectivity index (χ1v) is 7.89. The van der Waals surface area contributed by atoms with E-state index >= 15 is 0 Å². The average molecular weight is 327 g/mol. The Morgan fingerprint density at radius 1 is 1.04 bits per heavy atom. The normalized spacial score (nSPS) is 10.5. The molecule has 0 spiro atoms. The lowest BCUT2D eigenvalue weighted by Crippen LogP contribution is -2.21. The van der Waals surface area contributed by atoms with Crippen LogP contribution < -0.4 is 15.5 Å². The standard InChI is InChI=1S/C18H25N5O/c1-22(2)12-11-19-15-9-10-20-17(13-15)18(24)21-14-5-7-16(8-6-14)23(3)4/h5-10,13H,11-12H2,1-4H3,(H,19,20)(H,21,24). The van der Waals surface area contributed by atoms with Crippen LogP contribution in [0.1, 0.15) is 10.5 Å². The number of carbonyl (C=O) groups excluding carboxylic acids is 1. The van der Waals surface area contributed by atoms with Crippen molar-refractivity contribution in [3.05, 3.63) is 48.3 Å². The molecule has 0 saturated heterocycles. The Bertz CT molecular complexity index is 667. The minimum absolute atomic E-state index is 0.219. The topological polar surface area (TPSA) is 60.5 Å². The zero-order chi connectivity index (χ0) is 17.5. The molecular weight excluding hydrogens is 302 g/mol. The first-order valence-electron chi connectivity index (χ1n) is 7.89. The minimum atomic E-state index is -0.219. The lowest BCUT2D eigenvalue weighted by Gasteiger charge is -2.13. The van der Waals surface area contributed by atoms with Gasteiger partial charge in [0.25, 0.3) is 5.91 Å². The molecule has 0 aliphatic carbocycles. The lowest BCUT2D eigenvalue weighted by atomic mass is 10.2. The van der Waals surface area contributed by atoms with Crippen LogP contribution in [-0.4, -0.2) is 57.1 Å². The first-order chi connectivity index (χ1) is 11.5. The molecule has 1 amide bonds. The van der Waals surface area contributed by atoms with Crippen molar-refractivity contribution >= 4 is 23.0 Å². The zero-order valence-electron chi connectivity index (χ0n) is 14.7. The van der Waals surface area contributed by atoms with Crippen LogP contribution in [-0.2, 0) is 0 Å². The van der Waals surface area contributed by atoms with E-state index in [1.165, 1.54) is 0 Å². The summed E-state index contributed by atoms with van der Waals surface area (Å²) in [5.41, 5.74) is 3.11. The summed E-state index contributed by atoms with van der Waals surface area (Å²) in [5.74, 6) is -0.219. The molecule has 0 fully saturated rings. The van der Waals surface area contributed by atoms with Crippen molar-refractivity contribution in [1.29, 1.82) is 0 Å². The van der Waals surface area contributed by atoms with Gasteiger partial charge in [-0.1, -0.05) is 0 Å². The second-order valence-electron chi connectivity index (χ2n) is 6.06. The molecule has 0 saturated carbocycles. The quantitative estimate of drug-likeness (QED) is 0.817. The molecule has 2 aromatic rings. The summed E-state index contributed by atoms with van der Waals surface area (Å²) in [6.45, 7) is 1.73. The molecule has 24 heavy (non-hydrogen) atoms. The molecule has 0 aliphatic heterocycles. The van der Waals surface area contributed by atoms with E-state index in [0.29, 0.717) is 5.69 Å². The highest BCUT2D eigenvalue weighted by Gasteiger charge is 2.09. The highest BCUT2D eigenvalue weighted by atomic mass is 16.1. The lowest BCUT2D eigenvalue weighted by molar-refractivity contribution is 0.102. The van der Waals surface area contributed by atoms with Crippen LogP contribution >= 0.6 is 0 Å². The molecule has 0 unspecified atom stereocenters. The highest BCUT2D eigenvalue weighted by molar-refractivity contribution is 6.03. The zero-order valence-corrected chi connectivity index (χ0v) is 14.7. The predicted octanol–water partition coefficient (Wildman–Crippen LogP) is 2.37. The van der Waals surface area contributed by atoms with Gasteiger partial charge in [0.15, 0.2) is 0 Å². The van der Waals surface area contributed by atoms with Crippen LogP contribution in [0.3, 0.4) is 0 Å². The summed E-state index contributed by atoms with van der Waals surface area (Å²) in [6, 6.07) is 11.3. The van der Waals surface area contributed by atoms with Crippen LogP contribution in [0, 0.1) is 0 Å². The Morgan fingerprint density at radius 3 is 2.38 bits per heavy atom. The summed E-state index contributed by atoms with van der Waals surface area (Å²) >= 11 is 0. The van der Waals surface area contributed by atoms with Crippen LogP contribution in [0.25, 0.3) is 0 Å². The smallest absolute Gasteiger partial charge is 0.274 e. The molecule has 6 heteroatoms. The number of amides is 1.